The van der Waals surface area contributed by atoms with Gasteiger partial charge >= 0.3 is 0 Å². The van der Waals surface area contributed by atoms with Gasteiger partial charge in [0.1, 0.15) is 5.69 Å². The van der Waals surface area contributed by atoms with Crippen molar-refractivity contribution in [2.75, 3.05) is 13.2 Å². The molecule has 25 heavy (non-hydrogen) atoms. The molecule has 0 unspecified atom stereocenters. The Bertz CT molecular complexity index is 801. The third-order valence-corrected chi connectivity index (χ3v) is 3.61. The fraction of sp³-hybridized carbons (Fsp3) is 0.389. The Balaban J connectivity index is 2.17. The molecular formula is C18H23N3O4. The molecule has 0 fully saturated rings. The summed E-state index contributed by atoms with van der Waals surface area (Å²) < 4.78 is 12.3. The molecule has 1 atom stereocenters. The molecule has 134 valence electrons. The summed E-state index contributed by atoms with van der Waals surface area (Å²) in [6.07, 6.45) is 0. The van der Waals surface area contributed by atoms with Gasteiger partial charge in [0, 0.05) is 13.1 Å². The van der Waals surface area contributed by atoms with Crippen molar-refractivity contribution in [3.05, 3.63) is 51.9 Å². The van der Waals surface area contributed by atoms with Gasteiger partial charge in [-0.1, -0.05) is 6.07 Å². The fourth-order valence-corrected chi connectivity index (χ4v) is 2.31. The highest BCUT2D eigenvalue weighted by molar-refractivity contribution is 5.92. The first-order valence-corrected chi connectivity index (χ1v) is 8.21. The van der Waals surface area contributed by atoms with Crippen LogP contribution in [0, 0.1) is 0 Å². The molecule has 2 rings (SSSR count). The van der Waals surface area contributed by atoms with E-state index in [1.165, 1.54) is 19.2 Å². The maximum absolute atomic E-state index is 12.3. The summed E-state index contributed by atoms with van der Waals surface area (Å²) in [5.74, 6) is 0.962. The van der Waals surface area contributed by atoms with Gasteiger partial charge in [-0.05, 0) is 44.5 Å². The Kier molecular flexibility index (Phi) is 6.16. The second kappa shape index (κ2) is 8.32. The average Bonchev–Trinajstić information content (AvgIpc) is 2.59. The molecule has 1 aromatic carbocycles. The molecule has 1 heterocycles. The van der Waals surface area contributed by atoms with Crippen LogP contribution in [0.4, 0.5) is 0 Å². The van der Waals surface area contributed by atoms with E-state index in [2.05, 4.69) is 10.4 Å². The van der Waals surface area contributed by atoms with Crippen LogP contribution in [0.25, 0.3) is 0 Å². The van der Waals surface area contributed by atoms with Crippen LogP contribution in [0.15, 0.2) is 35.1 Å². The number of ether oxygens (including phenoxy) is 2. The smallest absolute Gasteiger partial charge is 0.272 e. The molecule has 0 aliphatic heterocycles. The molecule has 1 amide bonds. The number of benzene rings is 1. The van der Waals surface area contributed by atoms with Crippen LogP contribution in [0.1, 0.15) is 42.9 Å². The fourth-order valence-electron chi connectivity index (χ4n) is 2.31. The molecule has 0 saturated carbocycles. The van der Waals surface area contributed by atoms with E-state index in [1.54, 1.807) is 0 Å². The zero-order valence-electron chi connectivity index (χ0n) is 14.9. The van der Waals surface area contributed by atoms with E-state index < -0.39 is 0 Å². The van der Waals surface area contributed by atoms with Gasteiger partial charge in [-0.3, -0.25) is 9.59 Å². The largest absolute Gasteiger partial charge is 0.490 e. The molecule has 0 bridgehead atoms. The Morgan fingerprint density at radius 2 is 1.84 bits per heavy atom. The van der Waals surface area contributed by atoms with Crippen molar-refractivity contribution in [1.29, 1.82) is 0 Å². The quantitative estimate of drug-likeness (QED) is 0.831. The molecule has 0 aliphatic carbocycles. The number of hydrogen-bond acceptors (Lipinski definition) is 5. The molecule has 0 spiro atoms. The highest BCUT2D eigenvalue weighted by Gasteiger charge is 2.15. The minimum absolute atomic E-state index is 0.185. The molecule has 2 aromatic rings. The lowest BCUT2D eigenvalue weighted by molar-refractivity contribution is 0.0932. The van der Waals surface area contributed by atoms with Crippen molar-refractivity contribution in [3.63, 3.8) is 0 Å². The Hall–Kier alpha value is -2.83. The van der Waals surface area contributed by atoms with Crippen molar-refractivity contribution in [2.45, 2.75) is 26.8 Å². The van der Waals surface area contributed by atoms with Crippen LogP contribution in [0.5, 0.6) is 11.5 Å². The first-order valence-electron chi connectivity index (χ1n) is 8.21. The molecule has 0 saturated heterocycles. The standard InChI is InChI=1S/C18H23N3O4/c1-5-24-15-9-7-13(11-16(15)25-6-2)12(3)19-18(23)14-8-10-17(22)21(4)20-14/h7-12H,5-6H2,1-4H3,(H,19,23)/t12-/m1/s1. The summed E-state index contributed by atoms with van der Waals surface area (Å²) in [7, 11) is 1.50. The van der Waals surface area contributed by atoms with Crippen molar-refractivity contribution < 1.29 is 14.3 Å². The van der Waals surface area contributed by atoms with Crippen LogP contribution in [0.2, 0.25) is 0 Å². The zero-order valence-corrected chi connectivity index (χ0v) is 14.9. The summed E-state index contributed by atoms with van der Waals surface area (Å²) >= 11 is 0. The second-order valence-corrected chi connectivity index (χ2v) is 5.45. The number of nitrogens with zero attached hydrogens (tertiary/aromatic N) is 2. The first kappa shape index (κ1) is 18.5. The van der Waals surface area contributed by atoms with E-state index in [0.29, 0.717) is 24.7 Å². The minimum atomic E-state index is -0.352. The van der Waals surface area contributed by atoms with Gasteiger partial charge < -0.3 is 14.8 Å². The van der Waals surface area contributed by atoms with Gasteiger partial charge in [0.2, 0.25) is 0 Å². The Labute approximate surface area is 146 Å². The lowest BCUT2D eigenvalue weighted by atomic mass is 10.1. The molecule has 0 aliphatic rings. The van der Waals surface area contributed by atoms with Crippen molar-refractivity contribution >= 4 is 5.91 Å². The number of carbonyl (C=O) groups excluding carboxylic acids is 1. The summed E-state index contributed by atoms with van der Waals surface area (Å²) in [5.41, 5.74) is 0.799. The van der Waals surface area contributed by atoms with Crippen molar-refractivity contribution in [1.82, 2.24) is 15.1 Å². The molecule has 7 nitrogen and oxygen atoms in total. The van der Waals surface area contributed by atoms with Crippen LogP contribution >= 0.6 is 0 Å². The first-order chi connectivity index (χ1) is 12.0. The molecule has 0 radical (unpaired) electrons. The van der Waals surface area contributed by atoms with Gasteiger partial charge in [0.25, 0.3) is 11.5 Å². The Morgan fingerprint density at radius 1 is 1.16 bits per heavy atom. The van der Waals surface area contributed by atoms with Crippen LogP contribution in [0.3, 0.4) is 0 Å². The topological polar surface area (TPSA) is 82.5 Å². The van der Waals surface area contributed by atoms with E-state index >= 15 is 0 Å². The zero-order chi connectivity index (χ0) is 18.4. The highest BCUT2D eigenvalue weighted by atomic mass is 16.5. The average molecular weight is 345 g/mol. The lowest BCUT2D eigenvalue weighted by Gasteiger charge is -2.17. The Morgan fingerprint density at radius 3 is 2.48 bits per heavy atom. The predicted molar refractivity (Wildman–Crippen MR) is 94.1 cm³/mol. The summed E-state index contributed by atoms with van der Waals surface area (Å²) in [4.78, 5) is 23.7. The number of carbonyl (C=O) groups is 1. The van der Waals surface area contributed by atoms with Gasteiger partial charge in [-0.25, -0.2) is 4.68 Å². The summed E-state index contributed by atoms with van der Waals surface area (Å²) in [6.45, 7) is 6.74. The number of rotatable bonds is 7. The third kappa shape index (κ3) is 4.59. The molecule has 1 aromatic heterocycles. The van der Waals surface area contributed by atoms with Crippen molar-refractivity contribution in [3.8, 4) is 11.5 Å². The molecule has 1 N–H and O–H groups in total. The van der Waals surface area contributed by atoms with Gasteiger partial charge in [-0.2, -0.15) is 5.10 Å². The minimum Gasteiger partial charge on any atom is -0.490 e. The number of nitrogens with one attached hydrogen (secondary N) is 1. The maximum atomic E-state index is 12.3. The summed E-state index contributed by atoms with van der Waals surface area (Å²) in [6, 6.07) is 8.03. The number of hydrogen-bond donors (Lipinski definition) is 1. The van der Waals surface area contributed by atoms with E-state index in [0.717, 1.165) is 10.2 Å². The van der Waals surface area contributed by atoms with Crippen LogP contribution in [-0.2, 0) is 7.05 Å². The highest BCUT2D eigenvalue weighted by Crippen LogP contribution is 2.30. The van der Waals surface area contributed by atoms with Crippen LogP contribution in [-0.4, -0.2) is 28.9 Å². The third-order valence-electron chi connectivity index (χ3n) is 3.61. The van der Waals surface area contributed by atoms with Gasteiger partial charge in [-0.15, -0.1) is 0 Å². The van der Waals surface area contributed by atoms with Crippen molar-refractivity contribution in [2.24, 2.45) is 7.05 Å². The van der Waals surface area contributed by atoms with Crippen LogP contribution < -0.4 is 20.3 Å². The predicted octanol–water partition coefficient (Wildman–Crippen LogP) is 2.07. The number of aryl methyl sites for hydroxylation is 1. The SMILES string of the molecule is CCOc1ccc([C@@H](C)NC(=O)c2ccc(=O)n(C)n2)cc1OCC. The maximum Gasteiger partial charge on any atom is 0.272 e. The number of amides is 1. The van der Waals surface area contributed by atoms with Gasteiger partial charge in [0.15, 0.2) is 11.5 Å². The van der Waals surface area contributed by atoms with E-state index in [-0.39, 0.29) is 23.2 Å². The number of aromatic nitrogens is 2. The monoisotopic (exact) mass is 345 g/mol. The normalized spacial score (nSPS) is 11.7. The molecular weight excluding hydrogens is 322 g/mol. The summed E-state index contributed by atoms with van der Waals surface area (Å²) in [5, 5.41) is 6.82. The van der Waals surface area contributed by atoms with E-state index in [9.17, 15) is 9.59 Å². The van der Waals surface area contributed by atoms with E-state index in [1.807, 2.05) is 39.0 Å². The lowest BCUT2D eigenvalue weighted by Crippen LogP contribution is -2.30. The second-order valence-electron chi connectivity index (χ2n) is 5.45. The van der Waals surface area contributed by atoms with Gasteiger partial charge in [0.05, 0.1) is 19.3 Å². The molecule has 7 heteroatoms. The van der Waals surface area contributed by atoms with E-state index in [4.69, 9.17) is 9.47 Å².